The summed E-state index contributed by atoms with van der Waals surface area (Å²) in [6, 6.07) is 3.66. The normalized spacial score (nSPS) is 11.9. The summed E-state index contributed by atoms with van der Waals surface area (Å²) in [6.45, 7) is 0.627. The van der Waals surface area contributed by atoms with Gasteiger partial charge in [0.05, 0.1) is 12.4 Å². The number of hydrogen-bond acceptors (Lipinski definition) is 3. The van der Waals surface area contributed by atoms with Gasteiger partial charge in [0.25, 0.3) is 0 Å². The fourth-order valence-electron chi connectivity index (χ4n) is 1.31. The molecule has 0 aliphatic carbocycles. The van der Waals surface area contributed by atoms with E-state index >= 15 is 0 Å². The van der Waals surface area contributed by atoms with Crippen molar-refractivity contribution >= 4 is 9.84 Å². The SMILES string of the molecule is CS(=O)(=O)CCCn1cccc1CO. The Bertz CT molecular complexity index is 381. The predicted molar refractivity (Wildman–Crippen MR) is 54.7 cm³/mol. The molecule has 0 spiro atoms. The Balaban J connectivity index is 2.46. The summed E-state index contributed by atoms with van der Waals surface area (Å²) >= 11 is 0. The van der Waals surface area contributed by atoms with Crippen molar-refractivity contribution in [1.82, 2.24) is 4.57 Å². The van der Waals surface area contributed by atoms with E-state index < -0.39 is 9.84 Å². The lowest BCUT2D eigenvalue weighted by atomic mass is 10.4. The Hall–Kier alpha value is -0.810. The van der Waals surface area contributed by atoms with E-state index in [1.54, 1.807) is 0 Å². The van der Waals surface area contributed by atoms with Crippen LogP contribution in [0.25, 0.3) is 0 Å². The molecule has 1 heterocycles. The number of nitrogens with zero attached hydrogens (tertiary/aromatic N) is 1. The molecule has 0 bridgehead atoms. The zero-order chi connectivity index (χ0) is 10.6. The van der Waals surface area contributed by atoms with Crippen LogP contribution in [0.4, 0.5) is 0 Å². The van der Waals surface area contributed by atoms with Crippen molar-refractivity contribution in [2.24, 2.45) is 0 Å². The van der Waals surface area contributed by atoms with Crippen molar-refractivity contribution in [3.63, 3.8) is 0 Å². The van der Waals surface area contributed by atoms with Crippen LogP contribution in [0.1, 0.15) is 12.1 Å². The average Bonchev–Trinajstić information content (AvgIpc) is 2.49. The van der Waals surface area contributed by atoms with Crippen LogP contribution in [-0.2, 0) is 23.0 Å². The Labute approximate surface area is 84.1 Å². The zero-order valence-electron chi connectivity index (χ0n) is 8.18. The van der Waals surface area contributed by atoms with Gasteiger partial charge in [-0.05, 0) is 18.6 Å². The van der Waals surface area contributed by atoms with E-state index in [0.29, 0.717) is 13.0 Å². The molecule has 0 atom stereocenters. The maximum Gasteiger partial charge on any atom is 0.147 e. The second-order valence-corrected chi connectivity index (χ2v) is 5.59. The van der Waals surface area contributed by atoms with E-state index in [1.165, 1.54) is 6.26 Å². The second kappa shape index (κ2) is 4.61. The molecule has 0 aromatic carbocycles. The third-order valence-electron chi connectivity index (χ3n) is 2.00. The fourth-order valence-corrected chi connectivity index (χ4v) is 1.96. The van der Waals surface area contributed by atoms with Crippen molar-refractivity contribution in [2.45, 2.75) is 19.6 Å². The number of sulfone groups is 1. The highest BCUT2D eigenvalue weighted by molar-refractivity contribution is 7.90. The van der Waals surface area contributed by atoms with Crippen LogP contribution in [0.2, 0.25) is 0 Å². The van der Waals surface area contributed by atoms with Gasteiger partial charge in [0.2, 0.25) is 0 Å². The Kier molecular flexibility index (Phi) is 3.71. The van der Waals surface area contributed by atoms with Gasteiger partial charge in [-0.15, -0.1) is 0 Å². The molecule has 0 fully saturated rings. The monoisotopic (exact) mass is 217 g/mol. The van der Waals surface area contributed by atoms with E-state index in [9.17, 15) is 8.42 Å². The van der Waals surface area contributed by atoms with Gasteiger partial charge in [0.1, 0.15) is 9.84 Å². The smallest absolute Gasteiger partial charge is 0.147 e. The molecule has 0 saturated carbocycles. The zero-order valence-corrected chi connectivity index (χ0v) is 9.00. The molecule has 1 rings (SSSR count). The summed E-state index contributed by atoms with van der Waals surface area (Å²) in [5.74, 6) is 0.191. The van der Waals surface area contributed by atoms with Gasteiger partial charge in [-0.1, -0.05) is 0 Å². The molecule has 0 aliphatic heterocycles. The van der Waals surface area contributed by atoms with E-state index in [1.807, 2.05) is 22.9 Å². The molecule has 1 aromatic rings. The molecule has 0 unspecified atom stereocenters. The van der Waals surface area contributed by atoms with Crippen LogP contribution >= 0.6 is 0 Å². The van der Waals surface area contributed by atoms with Crippen molar-refractivity contribution in [3.8, 4) is 0 Å². The quantitative estimate of drug-likeness (QED) is 0.777. The van der Waals surface area contributed by atoms with E-state index in [-0.39, 0.29) is 12.4 Å². The second-order valence-electron chi connectivity index (χ2n) is 3.33. The topological polar surface area (TPSA) is 59.3 Å². The van der Waals surface area contributed by atoms with Gasteiger partial charge in [-0.3, -0.25) is 0 Å². The van der Waals surface area contributed by atoms with Crippen molar-refractivity contribution in [2.75, 3.05) is 12.0 Å². The van der Waals surface area contributed by atoms with Crippen molar-refractivity contribution < 1.29 is 13.5 Å². The van der Waals surface area contributed by atoms with Gasteiger partial charge in [0, 0.05) is 24.7 Å². The van der Waals surface area contributed by atoms with Crippen LogP contribution in [0.3, 0.4) is 0 Å². The summed E-state index contributed by atoms with van der Waals surface area (Å²) in [4.78, 5) is 0. The Morgan fingerprint density at radius 2 is 2.21 bits per heavy atom. The molecule has 80 valence electrons. The van der Waals surface area contributed by atoms with Crippen LogP contribution in [0.5, 0.6) is 0 Å². The van der Waals surface area contributed by atoms with Gasteiger partial charge < -0.3 is 9.67 Å². The standard InChI is InChI=1S/C9H15NO3S/c1-14(12,13)7-3-6-10-5-2-4-9(10)8-11/h2,4-5,11H,3,6-8H2,1H3. The highest BCUT2D eigenvalue weighted by Gasteiger charge is 2.03. The molecule has 1 aromatic heterocycles. The molecule has 1 N–H and O–H groups in total. The summed E-state index contributed by atoms with van der Waals surface area (Å²) in [7, 11) is -2.87. The Morgan fingerprint density at radius 1 is 1.50 bits per heavy atom. The molecule has 0 saturated heterocycles. The van der Waals surface area contributed by atoms with Crippen LogP contribution < -0.4 is 0 Å². The maximum absolute atomic E-state index is 10.9. The molecule has 14 heavy (non-hydrogen) atoms. The van der Waals surface area contributed by atoms with Crippen LogP contribution in [0.15, 0.2) is 18.3 Å². The third kappa shape index (κ3) is 3.51. The first-order valence-corrected chi connectivity index (χ1v) is 6.51. The van der Waals surface area contributed by atoms with Gasteiger partial charge in [0.15, 0.2) is 0 Å². The minimum atomic E-state index is -2.87. The Morgan fingerprint density at radius 3 is 2.79 bits per heavy atom. The van der Waals surface area contributed by atoms with Gasteiger partial charge in [-0.2, -0.15) is 0 Å². The summed E-state index contributed by atoms with van der Waals surface area (Å²) < 4.78 is 23.6. The summed E-state index contributed by atoms with van der Waals surface area (Å²) in [6.07, 6.45) is 3.66. The lowest BCUT2D eigenvalue weighted by Gasteiger charge is -2.06. The number of hydrogen-bond donors (Lipinski definition) is 1. The molecule has 5 heteroatoms. The number of aromatic nitrogens is 1. The summed E-state index contributed by atoms with van der Waals surface area (Å²) in [5.41, 5.74) is 0.818. The first kappa shape index (κ1) is 11.3. The molecular formula is C9H15NO3S. The maximum atomic E-state index is 10.9. The third-order valence-corrected chi connectivity index (χ3v) is 3.03. The van der Waals surface area contributed by atoms with Gasteiger partial charge >= 0.3 is 0 Å². The first-order chi connectivity index (χ1) is 6.53. The van der Waals surface area contributed by atoms with Crippen molar-refractivity contribution in [3.05, 3.63) is 24.0 Å². The van der Waals surface area contributed by atoms with Crippen molar-refractivity contribution in [1.29, 1.82) is 0 Å². The molecular weight excluding hydrogens is 202 g/mol. The minimum Gasteiger partial charge on any atom is -0.390 e. The van der Waals surface area contributed by atoms with Crippen LogP contribution in [-0.4, -0.2) is 30.1 Å². The average molecular weight is 217 g/mol. The number of aliphatic hydroxyl groups is 1. The number of aliphatic hydroxyl groups excluding tert-OH is 1. The lowest BCUT2D eigenvalue weighted by Crippen LogP contribution is -2.08. The highest BCUT2D eigenvalue weighted by Crippen LogP contribution is 2.03. The largest absolute Gasteiger partial charge is 0.390 e. The lowest BCUT2D eigenvalue weighted by molar-refractivity contribution is 0.270. The minimum absolute atomic E-state index is 0.00806. The molecule has 0 radical (unpaired) electrons. The number of aryl methyl sites for hydroxylation is 1. The van der Waals surface area contributed by atoms with Gasteiger partial charge in [-0.25, -0.2) is 8.42 Å². The molecule has 0 aliphatic rings. The van der Waals surface area contributed by atoms with E-state index in [0.717, 1.165) is 5.69 Å². The van der Waals surface area contributed by atoms with E-state index in [2.05, 4.69) is 0 Å². The number of rotatable bonds is 5. The molecule has 0 amide bonds. The first-order valence-electron chi connectivity index (χ1n) is 4.45. The molecule has 4 nitrogen and oxygen atoms in total. The predicted octanol–water partition coefficient (Wildman–Crippen LogP) is 0.415. The summed E-state index contributed by atoms with van der Waals surface area (Å²) in [5, 5.41) is 8.93. The highest BCUT2D eigenvalue weighted by atomic mass is 32.2. The van der Waals surface area contributed by atoms with Crippen LogP contribution in [0, 0.1) is 0 Å². The fraction of sp³-hybridized carbons (Fsp3) is 0.556. The van der Waals surface area contributed by atoms with E-state index in [4.69, 9.17) is 5.11 Å².